The minimum Gasteiger partial charge on any atom is -0.244 e. The summed E-state index contributed by atoms with van der Waals surface area (Å²) in [6, 6.07) is 0. The van der Waals surface area contributed by atoms with Gasteiger partial charge in [0.25, 0.3) is 0 Å². The molecule has 1 atom stereocenters. The summed E-state index contributed by atoms with van der Waals surface area (Å²) < 4.78 is 163. The maximum Gasteiger partial charge on any atom is 0.384 e. The van der Waals surface area contributed by atoms with Crippen molar-refractivity contribution in [3.63, 3.8) is 0 Å². The van der Waals surface area contributed by atoms with E-state index in [4.69, 9.17) is 0 Å². The molecule has 0 aliphatic rings. The second-order valence-corrected chi connectivity index (χ2v) is 4.20. The maximum atomic E-state index is 13.0. The highest BCUT2D eigenvalue weighted by molar-refractivity contribution is 5.10. The highest BCUT2D eigenvalue weighted by Gasteiger charge is 2.87. The predicted octanol–water partition coefficient (Wildman–Crippen LogP) is 5.20. The Morgan fingerprint density at radius 2 is 1.09 bits per heavy atom. The summed E-state index contributed by atoms with van der Waals surface area (Å²) in [5.74, 6) is -39.0. The van der Waals surface area contributed by atoms with Crippen LogP contribution < -0.4 is 0 Å². The molecular formula is C9H6F13. The Balaban J connectivity index is 6.07. The SMILES string of the molecule is CC([C](F)F)C(F)(F)C(F)(F)C(F)(F)C(F)(F)C(F)(F)CF. The Morgan fingerprint density at radius 3 is 1.36 bits per heavy atom. The largest absolute Gasteiger partial charge is 0.384 e. The van der Waals surface area contributed by atoms with Gasteiger partial charge in [-0.2, -0.15) is 52.7 Å². The molecular weight excluding hydrogens is 355 g/mol. The van der Waals surface area contributed by atoms with Gasteiger partial charge in [-0.15, -0.1) is 0 Å². The molecule has 22 heavy (non-hydrogen) atoms. The number of alkyl halides is 11. The molecule has 0 nitrogen and oxygen atoms in total. The molecule has 13 heteroatoms. The lowest BCUT2D eigenvalue weighted by atomic mass is 9.89. The van der Waals surface area contributed by atoms with Crippen molar-refractivity contribution in [2.24, 2.45) is 5.92 Å². The lowest BCUT2D eigenvalue weighted by molar-refractivity contribution is -0.408. The Kier molecular flexibility index (Phi) is 5.39. The third-order valence-corrected chi connectivity index (χ3v) is 2.71. The summed E-state index contributed by atoms with van der Waals surface area (Å²) >= 11 is 0. The molecule has 0 aromatic heterocycles. The first-order valence-electron chi connectivity index (χ1n) is 5.04. The van der Waals surface area contributed by atoms with Gasteiger partial charge in [0.05, 0.1) is 5.92 Å². The van der Waals surface area contributed by atoms with Crippen molar-refractivity contribution in [2.45, 2.75) is 36.5 Å². The Hall–Kier alpha value is -0.910. The molecule has 0 spiro atoms. The standard InChI is InChI=1S/C9H6F13/c1-3(4(11)12)6(15,16)8(19,20)9(21,22)7(17,18)5(13,14)2-10/h3H,2H2,1H3. The van der Waals surface area contributed by atoms with Crippen LogP contribution in [0.2, 0.25) is 0 Å². The van der Waals surface area contributed by atoms with Crippen LogP contribution in [0.15, 0.2) is 0 Å². The summed E-state index contributed by atoms with van der Waals surface area (Å²) in [5, 5.41) is 0. The topological polar surface area (TPSA) is 0 Å². The van der Waals surface area contributed by atoms with E-state index in [1.165, 1.54) is 0 Å². The second-order valence-electron chi connectivity index (χ2n) is 4.20. The van der Waals surface area contributed by atoms with Gasteiger partial charge in [-0.05, 0) is 0 Å². The van der Waals surface area contributed by atoms with E-state index in [2.05, 4.69) is 0 Å². The van der Waals surface area contributed by atoms with E-state index in [-0.39, 0.29) is 0 Å². The predicted molar refractivity (Wildman–Crippen MR) is 45.3 cm³/mol. The highest BCUT2D eigenvalue weighted by atomic mass is 19.4. The third-order valence-electron chi connectivity index (χ3n) is 2.71. The molecule has 0 saturated heterocycles. The first-order chi connectivity index (χ1) is 9.41. The van der Waals surface area contributed by atoms with Gasteiger partial charge in [0.2, 0.25) is 0 Å². The van der Waals surface area contributed by atoms with Gasteiger partial charge in [0.15, 0.2) is 6.67 Å². The van der Waals surface area contributed by atoms with Crippen LogP contribution in [-0.4, -0.2) is 36.3 Å². The van der Waals surface area contributed by atoms with Crippen LogP contribution in [0.1, 0.15) is 6.92 Å². The van der Waals surface area contributed by atoms with Gasteiger partial charge in [-0.3, -0.25) is 0 Å². The molecule has 0 bridgehead atoms. The zero-order chi connectivity index (χ0) is 18.4. The summed E-state index contributed by atoms with van der Waals surface area (Å²) in [5.41, 5.74) is 0. The normalized spacial score (nSPS) is 17.0. The van der Waals surface area contributed by atoms with Crippen LogP contribution in [-0.2, 0) is 0 Å². The molecule has 0 aliphatic heterocycles. The van der Waals surface area contributed by atoms with Crippen LogP contribution in [0, 0.1) is 12.3 Å². The molecule has 0 rings (SSSR count). The fraction of sp³-hybridized carbons (Fsp3) is 0.889. The van der Waals surface area contributed by atoms with Crippen LogP contribution in [0.5, 0.6) is 0 Å². The van der Waals surface area contributed by atoms with Crippen LogP contribution in [0.25, 0.3) is 0 Å². The molecule has 0 aliphatic carbocycles. The van der Waals surface area contributed by atoms with Crippen molar-refractivity contribution in [2.75, 3.05) is 6.67 Å². The molecule has 1 radical (unpaired) electrons. The van der Waals surface area contributed by atoms with Gasteiger partial charge in [-0.1, -0.05) is 6.92 Å². The lowest BCUT2D eigenvalue weighted by Crippen LogP contribution is -2.68. The molecule has 0 N–H and O–H groups in total. The fourth-order valence-electron chi connectivity index (χ4n) is 1.13. The lowest BCUT2D eigenvalue weighted by Gasteiger charge is -2.40. The number of hydrogen-bond acceptors (Lipinski definition) is 0. The van der Waals surface area contributed by atoms with Crippen molar-refractivity contribution >= 4 is 0 Å². The third kappa shape index (κ3) is 2.70. The van der Waals surface area contributed by atoms with Crippen molar-refractivity contribution < 1.29 is 57.1 Å². The minimum atomic E-state index is -7.52. The zero-order valence-corrected chi connectivity index (χ0v) is 10.2. The summed E-state index contributed by atoms with van der Waals surface area (Å²) in [6.45, 7) is -3.98. The number of halogens is 13. The maximum absolute atomic E-state index is 13.0. The fourth-order valence-corrected chi connectivity index (χ4v) is 1.13. The van der Waals surface area contributed by atoms with Crippen molar-refractivity contribution in [1.29, 1.82) is 0 Å². The molecule has 0 aromatic rings. The smallest absolute Gasteiger partial charge is 0.244 e. The quantitative estimate of drug-likeness (QED) is 0.547. The summed E-state index contributed by atoms with van der Waals surface area (Å²) in [7, 11) is 0. The zero-order valence-electron chi connectivity index (χ0n) is 10.2. The average Bonchev–Trinajstić information content (AvgIpc) is 2.36. The Bertz CT molecular complexity index is 385. The Labute approximate surface area is 114 Å². The summed E-state index contributed by atoms with van der Waals surface area (Å²) in [6.07, 6.45) is -3.53. The molecule has 0 saturated carbocycles. The molecule has 133 valence electrons. The van der Waals surface area contributed by atoms with E-state index in [0.29, 0.717) is 0 Å². The van der Waals surface area contributed by atoms with E-state index in [1.807, 2.05) is 0 Å². The van der Waals surface area contributed by atoms with Gasteiger partial charge >= 0.3 is 36.0 Å². The molecule has 1 unspecified atom stereocenters. The first kappa shape index (κ1) is 21.1. The van der Waals surface area contributed by atoms with Crippen LogP contribution in [0.4, 0.5) is 57.1 Å². The van der Waals surface area contributed by atoms with Crippen molar-refractivity contribution in [1.82, 2.24) is 0 Å². The monoisotopic (exact) mass is 361 g/mol. The minimum absolute atomic E-state index is 0.412. The summed E-state index contributed by atoms with van der Waals surface area (Å²) in [4.78, 5) is 0. The van der Waals surface area contributed by atoms with E-state index >= 15 is 0 Å². The molecule has 0 aromatic carbocycles. The Morgan fingerprint density at radius 1 is 0.727 bits per heavy atom. The van der Waals surface area contributed by atoms with Crippen molar-refractivity contribution in [3.8, 4) is 0 Å². The molecule has 0 fully saturated rings. The van der Waals surface area contributed by atoms with Gasteiger partial charge in [0.1, 0.15) is 0 Å². The van der Waals surface area contributed by atoms with Gasteiger partial charge in [0, 0.05) is 0 Å². The second kappa shape index (κ2) is 5.62. The average molecular weight is 361 g/mol. The van der Waals surface area contributed by atoms with Crippen molar-refractivity contribution in [3.05, 3.63) is 6.43 Å². The van der Waals surface area contributed by atoms with E-state index in [9.17, 15) is 57.1 Å². The van der Waals surface area contributed by atoms with Gasteiger partial charge < -0.3 is 0 Å². The van der Waals surface area contributed by atoms with Gasteiger partial charge in [-0.25, -0.2) is 4.39 Å². The molecule has 0 amide bonds. The van der Waals surface area contributed by atoms with E-state index in [1.54, 1.807) is 0 Å². The molecule has 0 heterocycles. The van der Waals surface area contributed by atoms with Crippen LogP contribution >= 0.6 is 0 Å². The number of rotatable bonds is 7. The number of hydrogen-bond donors (Lipinski definition) is 0. The highest BCUT2D eigenvalue weighted by Crippen LogP contribution is 2.59. The van der Waals surface area contributed by atoms with E-state index in [0.717, 1.165) is 0 Å². The first-order valence-corrected chi connectivity index (χ1v) is 5.04. The van der Waals surface area contributed by atoms with E-state index < -0.39 is 55.6 Å². The van der Waals surface area contributed by atoms with Crippen LogP contribution in [0.3, 0.4) is 0 Å².